The molecule has 0 spiro atoms. The maximum atomic E-state index is 13.2. The molecular weight excluding hydrogens is 370 g/mol. The molecule has 3 aromatic rings. The van der Waals surface area contributed by atoms with Crippen LogP contribution in [0.3, 0.4) is 0 Å². The average molecular weight is 385 g/mol. The molecule has 0 bridgehead atoms. The summed E-state index contributed by atoms with van der Waals surface area (Å²) in [6.07, 6.45) is 1.66. The van der Waals surface area contributed by atoms with Crippen molar-refractivity contribution in [2.75, 3.05) is 4.90 Å². The minimum Gasteiger partial charge on any atom is -0.505 e. The average Bonchev–Trinajstić information content (AvgIpc) is 3.05. The summed E-state index contributed by atoms with van der Waals surface area (Å²) in [6.45, 7) is 0. The van der Waals surface area contributed by atoms with Crippen LogP contribution in [-0.2, 0) is 4.79 Å². The molecule has 1 aliphatic rings. The van der Waals surface area contributed by atoms with Crippen LogP contribution in [0.1, 0.15) is 11.1 Å². The Morgan fingerprint density at radius 1 is 0.966 bits per heavy atom. The number of nitro groups is 1. The van der Waals surface area contributed by atoms with Crippen LogP contribution in [0, 0.1) is 10.1 Å². The first-order chi connectivity index (χ1) is 14.0. The normalized spacial score (nSPS) is 14.9. The molecule has 1 amide bonds. The largest absolute Gasteiger partial charge is 0.505 e. The standard InChI is InChI=1S/C22H15N3O4/c26-20-14-17(25(28)29)11-12-19(20)24-21(16-9-5-2-6-10-16)23-18(22(24)27)13-15-7-3-1-4-8-15/h1-14,26H/b18-13+. The fraction of sp³-hybridized carbons (Fsp3) is 0. The molecule has 0 atom stereocenters. The number of phenolic OH excluding ortho intramolecular Hbond substituents is 1. The summed E-state index contributed by atoms with van der Waals surface area (Å²) in [5.41, 5.74) is 1.54. The van der Waals surface area contributed by atoms with Gasteiger partial charge in [-0.3, -0.25) is 19.8 Å². The van der Waals surface area contributed by atoms with Crippen LogP contribution in [-0.4, -0.2) is 21.8 Å². The third-order valence-electron chi connectivity index (χ3n) is 4.41. The lowest BCUT2D eigenvalue weighted by Gasteiger charge is -2.19. The van der Waals surface area contributed by atoms with Crippen LogP contribution < -0.4 is 4.90 Å². The number of hydrogen-bond acceptors (Lipinski definition) is 5. The van der Waals surface area contributed by atoms with Crippen molar-refractivity contribution in [3.63, 3.8) is 0 Å². The fourth-order valence-electron chi connectivity index (χ4n) is 3.04. The van der Waals surface area contributed by atoms with Gasteiger partial charge in [0.1, 0.15) is 17.3 Å². The minimum atomic E-state index is -0.609. The van der Waals surface area contributed by atoms with E-state index in [1.807, 2.05) is 48.5 Å². The van der Waals surface area contributed by atoms with E-state index >= 15 is 0 Å². The van der Waals surface area contributed by atoms with Crippen molar-refractivity contribution in [3.05, 3.63) is 106 Å². The number of amidine groups is 1. The van der Waals surface area contributed by atoms with Gasteiger partial charge in [-0.15, -0.1) is 0 Å². The molecule has 0 radical (unpaired) electrons. The lowest BCUT2D eigenvalue weighted by atomic mass is 10.1. The van der Waals surface area contributed by atoms with E-state index in [9.17, 15) is 20.0 Å². The van der Waals surface area contributed by atoms with Gasteiger partial charge >= 0.3 is 0 Å². The van der Waals surface area contributed by atoms with Crippen LogP contribution in [0.15, 0.2) is 89.6 Å². The molecule has 142 valence electrons. The molecule has 4 rings (SSSR count). The van der Waals surface area contributed by atoms with E-state index < -0.39 is 10.8 Å². The highest BCUT2D eigenvalue weighted by atomic mass is 16.6. The van der Waals surface area contributed by atoms with E-state index in [2.05, 4.69) is 4.99 Å². The van der Waals surface area contributed by atoms with Gasteiger partial charge < -0.3 is 5.11 Å². The molecule has 0 saturated carbocycles. The quantitative estimate of drug-likeness (QED) is 0.415. The maximum absolute atomic E-state index is 13.2. The van der Waals surface area contributed by atoms with E-state index in [-0.39, 0.29) is 22.8 Å². The number of non-ortho nitro benzene ring substituents is 1. The monoisotopic (exact) mass is 385 g/mol. The second-order valence-corrected chi connectivity index (χ2v) is 6.31. The minimum absolute atomic E-state index is 0.125. The van der Waals surface area contributed by atoms with Gasteiger partial charge in [0.25, 0.3) is 11.6 Å². The zero-order valence-electron chi connectivity index (χ0n) is 15.1. The summed E-state index contributed by atoms with van der Waals surface area (Å²) < 4.78 is 0. The zero-order chi connectivity index (χ0) is 20.4. The van der Waals surface area contributed by atoms with Crippen LogP contribution in [0.4, 0.5) is 11.4 Å². The summed E-state index contributed by atoms with van der Waals surface area (Å²) in [6, 6.07) is 22.0. The number of benzene rings is 3. The summed E-state index contributed by atoms with van der Waals surface area (Å²) in [5.74, 6) is -0.476. The predicted octanol–water partition coefficient (Wildman–Crippen LogP) is 4.13. The molecular formula is C22H15N3O4. The van der Waals surface area contributed by atoms with E-state index in [0.717, 1.165) is 11.6 Å². The van der Waals surface area contributed by atoms with Gasteiger partial charge in [-0.1, -0.05) is 60.7 Å². The summed E-state index contributed by atoms with van der Waals surface area (Å²) in [5, 5.41) is 21.4. The van der Waals surface area contributed by atoms with Gasteiger partial charge in [-0.25, -0.2) is 4.99 Å². The van der Waals surface area contributed by atoms with Crippen molar-refractivity contribution in [1.82, 2.24) is 0 Å². The SMILES string of the molecule is O=C1/C(=C\c2ccccc2)N=C(c2ccccc2)N1c1ccc([N+](=O)[O-])cc1O. The van der Waals surface area contributed by atoms with E-state index in [1.165, 1.54) is 17.0 Å². The molecule has 0 unspecified atom stereocenters. The lowest BCUT2D eigenvalue weighted by molar-refractivity contribution is -0.384. The Bertz CT molecular complexity index is 1160. The Balaban J connectivity index is 1.84. The molecule has 29 heavy (non-hydrogen) atoms. The van der Waals surface area contributed by atoms with Crippen molar-refractivity contribution in [2.45, 2.75) is 0 Å². The number of nitro benzene ring substituents is 1. The Labute approximate surface area is 166 Å². The second-order valence-electron chi connectivity index (χ2n) is 6.31. The number of hydrogen-bond donors (Lipinski definition) is 1. The Hall–Kier alpha value is -4.26. The first kappa shape index (κ1) is 18.1. The number of carbonyl (C=O) groups is 1. The predicted molar refractivity (Wildman–Crippen MR) is 110 cm³/mol. The van der Waals surface area contributed by atoms with Crippen LogP contribution in [0.2, 0.25) is 0 Å². The van der Waals surface area contributed by atoms with E-state index in [1.54, 1.807) is 18.2 Å². The molecule has 0 aromatic heterocycles. The number of carbonyl (C=O) groups excluding carboxylic acids is 1. The molecule has 1 heterocycles. The van der Waals surface area contributed by atoms with Crippen molar-refractivity contribution in [1.29, 1.82) is 0 Å². The van der Waals surface area contributed by atoms with Gasteiger partial charge in [-0.05, 0) is 17.7 Å². The molecule has 3 aromatic carbocycles. The molecule has 7 nitrogen and oxygen atoms in total. The van der Waals surface area contributed by atoms with Gasteiger partial charge in [0.15, 0.2) is 0 Å². The van der Waals surface area contributed by atoms with Gasteiger partial charge in [0.05, 0.1) is 16.7 Å². The Kier molecular flexibility index (Phi) is 4.62. The molecule has 0 fully saturated rings. The smallest absolute Gasteiger partial charge is 0.282 e. The topological polar surface area (TPSA) is 96.0 Å². The Morgan fingerprint density at radius 2 is 1.62 bits per heavy atom. The molecule has 1 N–H and O–H groups in total. The summed E-state index contributed by atoms with van der Waals surface area (Å²) in [4.78, 5) is 29.3. The van der Waals surface area contributed by atoms with Crippen molar-refractivity contribution in [2.24, 2.45) is 4.99 Å². The highest BCUT2D eigenvalue weighted by molar-refractivity contribution is 6.33. The van der Waals surface area contributed by atoms with E-state index in [0.29, 0.717) is 11.4 Å². The van der Waals surface area contributed by atoms with Gasteiger partial charge in [0.2, 0.25) is 0 Å². The number of nitrogens with zero attached hydrogens (tertiary/aromatic N) is 3. The fourth-order valence-corrected chi connectivity index (χ4v) is 3.04. The number of aromatic hydroxyl groups is 1. The second kappa shape index (κ2) is 7.40. The highest BCUT2D eigenvalue weighted by Crippen LogP contribution is 2.36. The first-order valence-electron chi connectivity index (χ1n) is 8.77. The summed E-state index contributed by atoms with van der Waals surface area (Å²) in [7, 11) is 0. The van der Waals surface area contributed by atoms with Crippen LogP contribution >= 0.6 is 0 Å². The summed E-state index contributed by atoms with van der Waals surface area (Å²) >= 11 is 0. The van der Waals surface area contributed by atoms with Crippen LogP contribution in [0.25, 0.3) is 6.08 Å². The third-order valence-corrected chi connectivity index (χ3v) is 4.41. The van der Waals surface area contributed by atoms with Crippen molar-refractivity contribution in [3.8, 4) is 5.75 Å². The molecule has 1 aliphatic heterocycles. The highest BCUT2D eigenvalue weighted by Gasteiger charge is 2.34. The van der Waals surface area contributed by atoms with E-state index in [4.69, 9.17) is 0 Å². The van der Waals surface area contributed by atoms with Crippen molar-refractivity contribution < 1.29 is 14.8 Å². The van der Waals surface area contributed by atoms with Crippen LogP contribution in [0.5, 0.6) is 5.75 Å². The third kappa shape index (κ3) is 3.49. The maximum Gasteiger partial charge on any atom is 0.282 e. The lowest BCUT2D eigenvalue weighted by Crippen LogP contribution is -2.32. The number of amides is 1. The number of phenols is 1. The molecule has 0 aliphatic carbocycles. The van der Waals surface area contributed by atoms with Crippen molar-refractivity contribution >= 4 is 29.2 Å². The van der Waals surface area contributed by atoms with Gasteiger partial charge in [0, 0.05) is 11.6 Å². The Morgan fingerprint density at radius 3 is 2.24 bits per heavy atom. The zero-order valence-corrected chi connectivity index (χ0v) is 15.1. The molecule has 0 saturated heterocycles. The number of aliphatic imine (C=N–C) groups is 1. The number of rotatable bonds is 4. The first-order valence-corrected chi connectivity index (χ1v) is 8.77. The number of anilines is 1. The molecule has 7 heteroatoms. The van der Waals surface area contributed by atoms with Gasteiger partial charge in [-0.2, -0.15) is 0 Å².